The van der Waals surface area contributed by atoms with Crippen molar-refractivity contribution in [2.24, 2.45) is 5.92 Å². The van der Waals surface area contributed by atoms with Gasteiger partial charge in [-0.15, -0.1) is 11.3 Å². The number of rotatable bonds is 5. The summed E-state index contributed by atoms with van der Waals surface area (Å²) in [5.41, 5.74) is 1.55. The Morgan fingerprint density at radius 3 is 2.67 bits per heavy atom. The van der Waals surface area contributed by atoms with E-state index in [1.807, 2.05) is 11.3 Å². The SMILES string of the molecule is Cc1sc(CNC(C)(C)C)cc1COC1CCCCC1C. The molecule has 0 bridgehead atoms. The number of nitrogens with one attached hydrogen (secondary N) is 1. The average molecular weight is 310 g/mol. The lowest BCUT2D eigenvalue weighted by atomic mass is 9.88. The predicted octanol–water partition coefficient (Wildman–Crippen LogP) is 5.04. The summed E-state index contributed by atoms with van der Waals surface area (Å²) in [6.45, 7) is 12.9. The first kappa shape index (κ1) is 17.0. The maximum atomic E-state index is 6.21. The number of aryl methyl sites for hydroxylation is 1. The van der Waals surface area contributed by atoms with Gasteiger partial charge in [0.05, 0.1) is 12.7 Å². The van der Waals surface area contributed by atoms with E-state index in [-0.39, 0.29) is 5.54 Å². The molecule has 0 spiro atoms. The molecule has 0 aromatic carbocycles. The van der Waals surface area contributed by atoms with Crippen molar-refractivity contribution < 1.29 is 4.74 Å². The third-order valence-electron chi connectivity index (χ3n) is 4.35. The first-order valence-corrected chi connectivity index (χ1v) is 9.11. The van der Waals surface area contributed by atoms with Gasteiger partial charge in [-0.2, -0.15) is 0 Å². The van der Waals surface area contributed by atoms with Crippen LogP contribution in [0.15, 0.2) is 6.07 Å². The van der Waals surface area contributed by atoms with Crippen LogP contribution in [0.3, 0.4) is 0 Å². The molecule has 3 heteroatoms. The van der Waals surface area contributed by atoms with Crippen molar-refractivity contribution in [3.8, 4) is 0 Å². The average Bonchev–Trinajstić information content (AvgIpc) is 2.75. The van der Waals surface area contributed by atoms with E-state index in [1.54, 1.807) is 0 Å². The number of thiophene rings is 1. The third kappa shape index (κ3) is 5.39. The van der Waals surface area contributed by atoms with E-state index in [1.165, 1.54) is 41.0 Å². The van der Waals surface area contributed by atoms with Gasteiger partial charge in [0.2, 0.25) is 0 Å². The molecule has 1 aromatic rings. The highest BCUT2D eigenvalue weighted by atomic mass is 32.1. The minimum absolute atomic E-state index is 0.173. The van der Waals surface area contributed by atoms with Gasteiger partial charge >= 0.3 is 0 Å². The molecule has 1 saturated carbocycles. The highest BCUT2D eigenvalue weighted by molar-refractivity contribution is 7.12. The van der Waals surface area contributed by atoms with Crippen molar-refractivity contribution in [1.29, 1.82) is 0 Å². The molecule has 0 saturated heterocycles. The fourth-order valence-electron chi connectivity index (χ4n) is 2.90. The lowest BCUT2D eigenvalue weighted by Crippen LogP contribution is -2.34. The van der Waals surface area contributed by atoms with Gasteiger partial charge in [0, 0.05) is 21.8 Å². The van der Waals surface area contributed by atoms with Crippen molar-refractivity contribution in [3.05, 3.63) is 21.4 Å². The van der Waals surface area contributed by atoms with Crippen molar-refractivity contribution in [3.63, 3.8) is 0 Å². The van der Waals surface area contributed by atoms with Gasteiger partial charge in [-0.1, -0.05) is 19.8 Å². The molecule has 2 nitrogen and oxygen atoms in total. The third-order valence-corrected chi connectivity index (χ3v) is 5.44. The highest BCUT2D eigenvalue weighted by Gasteiger charge is 2.22. The fraction of sp³-hybridized carbons (Fsp3) is 0.778. The lowest BCUT2D eigenvalue weighted by molar-refractivity contribution is -0.0155. The molecule has 120 valence electrons. The van der Waals surface area contributed by atoms with E-state index in [9.17, 15) is 0 Å². The maximum absolute atomic E-state index is 6.21. The smallest absolute Gasteiger partial charge is 0.0731 e. The molecule has 2 rings (SSSR count). The molecule has 1 fully saturated rings. The minimum atomic E-state index is 0.173. The Hall–Kier alpha value is -0.380. The van der Waals surface area contributed by atoms with Crippen molar-refractivity contribution in [1.82, 2.24) is 5.32 Å². The number of ether oxygens (including phenoxy) is 1. The van der Waals surface area contributed by atoms with E-state index >= 15 is 0 Å². The normalized spacial score (nSPS) is 23.5. The van der Waals surface area contributed by atoms with Crippen molar-refractivity contribution in [2.45, 2.75) is 85.1 Å². The van der Waals surface area contributed by atoms with Crippen LogP contribution in [0, 0.1) is 12.8 Å². The molecule has 21 heavy (non-hydrogen) atoms. The van der Waals surface area contributed by atoms with Crippen LogP contribution in [0.4, 0.5) is 0 Å². The summed E-state index contributed by atoms with van der Waals surface area (Å²) >= 11 is 1.90. The second-order valence-corrected chi connectivity index (χ2v) is 8.85. The summed E-state index contributed by atoms with van der Waals surface area (Å²) < 4.78 is 6.21. The zero-order valence-electron chi connectivity index (χ0n) is 14.3. The molecular weight excluding hydrogens is 278 g/mol. The molecule has 1 N–H and O–H groups in total. The van der Waals surface area contributed by atoms with Gasteiger partial charge in [-0.3, -0.25) is 0 Å². The Balaban J connectivity index is 1.87. The van der Waals surface area contributed by atoms with Crippen LogP contribution < -0.4 is 5.32 Å². The van der Waals surface area contributed by atoms with E-state index in [4.69, 9.17) is 4.74 Å². The van der Waals surface area contributed by atoms with Gasteiger partial charge in [-0.25, -0.2) is 0 Å². The van der Waals surface area contributed by atoms with Crippen molar-refractivity contribution in [2.75, 3.05) is 0 Å². The van der Waals surface area contributed by atoms with Crippen LogP contribution >= 0.6 is 11.3 Å². The largest absolute Gasteiger partial charge is 0.373 e. The van der Waals surface area contributed by atoms with Crippen LogP contribution in [0.2, 0.25) is 0 Å². The lowest BCUT2D eigenvalue weighted by Gasteiger charge is -2.28. The Morgan fingerprint density at radius 1 is 1.29 bits per heavy atom. The van der Waals surface area contributed by atoms with Gasteiger partial charge in [0.25, 0.3) is 0 Å². The first-order valence-electron chi connectivity index (χ1n) is 8.30. The highest BCUT2D eigenvalue weighted by Crippen LogP contribution is 2.29. The maximum Gasteiger partial charge on any atom is 0.0731 e. The van der Waals surface area contributed by atoms with Gasteiger partial charge in [0.1, 0.15) is 0 Å². The van der Waals surface area contributed by atoms with Crippen LogP contribution in [-0.4, -0.2) is 11.6 Å². The van der Waals surface area contributed by atoms with Crippen molar-refractivity contribution >= 4 is 11.3 Å². The second kappa shape index (κ2) is 7.26. The molecule has 1 aromatic heterocycles. The Morgan fingerprint density at radius 2 is 2.00 bits per heavy atom. The summed E-state index contributed by atoms with van der Waals surface area (Å²) in [6, 6.07) is 2.33. The molecule has 2 unspecified atom stereocenters. The summed E-state index contributed by atoms with van der Waals surface area (Å²) in [6.07, 6.45) is 5.74. The molecule has 0 aliphatic heterocycles. The van der Waals surface area contributed by atoms with Crippen LogP contribution in [0.5, 0.6) is 0 Å². The van der Waals surface area contributed by atoms with Crippen LogP contribution in [-0.2, 0) is 17.9 Å². The molecular formula is C18H31NOS. The zero-order valence-corrected chi connectivity index (χ0v) is 15.1. The molecule has 1 aliphatic rings. The topological polar surface area (TPSA) is 21.3 Å². The van der Waals surface area contributed by atoms with E-state index in [0.717, 1.165) is 19.1 Å². The molecule has 0 amide bonds. The van der Waals surface area contributed by atoms with Gasteiger partial charge in [-0.05, 0) is 58.1 Å². The molecule has 0 radical (unpaired) electrons. The predicted molar refractivity (Wildman–Crippen MR) is 91.9 cm³/mol. The van der Waals surface area contributed by atoms with E-state index in [0.29, 0.717) is 6.10 Å². The minimum Gasteiger partial charge on any atom is -0.373 e. The molecule has 1 heterocycles. The monoisotopic (exact) mass is 309 g/mol. The fourth-order valence-corrected chi connectivity index (χ4v) is 3.88. The first-order chi connectivity index (χ1) is 9.85. The van der Waals surface area contributed by atoms with E-state index in [2.05, 4.69) is 46.0 Å². The Bertz CT molecular complexity index is 447. The van der Waals surface area contributed by atoms with Crippen LogP contribution in [0.1, 0.15) is 68.7 Å². The molecule has 1 aliphatic carbocycles. The second-order valence-electron chi connectivity index (χ2n) is 7.51. The number of hydrogen-bond donors (Lipinski definition) is 1. The molecule has 2 atom stereocenters. The number of hydrogen-bond acceptors (Lipinski definition) is 3. The standard InChI is InChI=1S/C18H31NOS/c1-13-8-6-7-9-17(13)20-12-15-10-16(21-14(15)2)11-19-18(3,4)5/h10,13,17,19H,6-9,11-12H2,1-5H3. The summed E-state index contributed by atoms with van der Waals surface area (Å²) in [7, 11) is 0. The van der Waals surface area contributed by atoms with Gasteiger partial charge < -0.3 is 10.1 Å². The van der Waals surface area contributed by atoms with Crippen LogP contribution in [0.25, 0.3) is 0 Å². The zero-order chi connectivity index (χ0) is 15.5. The summed E-state index contributed by atoms with van der Waals surface area (Å²) in [5.74, 6) is 0.722. The van der Waals surface area contributed by atoms with E-state index < -0.39 is 0 Å². The summed E-state index contributed by atoms with van der Waals surface area (Å²) in [5, 5.41) is 3.56. The Labute approximate surface area is 134 Å². The Kier molecular flexibility index (Phi) is 5.87. The van der Waals surface area contributed by atoms with Gasteiger partial charge in [0.15, 0.2) is 0 Å². The quantitative estimate of drug-likeness (QED) is 0.822. The summed E-state index contributed by atoms with van der Waals surface area (Å²) in [4.78, 5) is 2.82.